The molecule has 1 aliphatic heterocycles. The van der Waals surface area contributed by atoms with E-state index in [0.29, 0.717) is 22.6 Å². The van der Waals surface area contributed by atoms with E-state index in [0.717, 1.165) is 0 Å². The van der Waals surface area contributed by atoms with Crippen LogP contribution in [0.4, 0.5) is 5.69 Å². The van der Waals surface area contributed by atoms with E-state index in [2.05, 4.69) is 0 Å². The Hall–Kier alpha value is -4.01. The number of carbonyl (C=O) groups excluding carboxylic acids is 3. The highest BCUT2D eigenvalue weighted by molar-refractivity contribution is 6.51. The van der Waals surface area contributed by atoms with Crippen LogP contribution < -0.4 is 14.4 Å². The summed E-state index contributed by atoms with van der Waals surface area (Å²) >= 11 is 12.5. The zero-order valence-electron chi connectivity index (χ0n) is 20.7. The Bertz CT molecular complexity index is 1410. The lowest BCUT2D eigenvalue weighted by molar-refractivity contribution is -0.139. The van der Waals surface area contributed by atoms with Crippen LogP contribution in [0.25, 0.3) is 5.76 Å². The summed E-state index contributed by atoms with van der Waals surface area (Å²) in [6.07, 6.45) is 0.0521. The van der Waals surface area contributed by atoms with E-state index in [9.17, 15) is 19.5 Å². The number of benzene rings is 3. The molecule has 10 heteroatoms. The third-order valence-corrected chi connectivity index (χ3v) is 6.70. The second-order valence-corrected chi connectivity index (χ2v) is 9.15. The highest BCUT2D eigenvalue weighted by Gasteiger charge is 2.47. The van der Waals surface area contributed by atoms with E-state index >= 15 is 0 Å². The summed E-state index contributed by atoms with van der Waals surface area (Å²) in [7, 11) is 4.22. The van der Waals surface area contributed by atoms with Gasteiger partial charge in [0.25, 0.3) is 11.7 Å². The molecule has 8 nitrogen and oxygen atoms in total. The van der Waals surface area contributed by atoms with Crippen molar-refractivity contribution < 1.29 is 33.7 Å². The van der Waals surface area contributed by atoms with Crippen LogP contribution in [0.15, 0.2) is 66.2 Å². The van der Waals surface area contributed by atoms with Crippen LogP contribution in [0.5, 0.6) is 11.5 Å². The molecule has 4 rings (SSSR count). The molecule has 1 N–H and O–H groups in total. The number of anilines is 1. The smallest absolute Gasteiger partial charge is 0.309 e. The molecule has 3 aromatic carbocycles. The third kappa shape index (κ3) is 5.05. The number of carbonyl (C=O) groups is 3. The number of aliphatic hydroxyl groups excluding tert-OH is 1. The van der Waals surface area contributed by atoms with Gasteiger partial charge in [0.15, 0.2) is 5.75 Å². The first-order chi connectivity index (χ1) is 18.2. The molecule has 0 aliphatic carbocycles. The van der Waals surface area contributed by atoms with Gasteiger partial charge in [-0.15, -0.1) is 0 Å². The molecule has 38 heavy (non-hydrogen) atoms. The van der Waals surface area contributed by atoms with Crippen molar-refractivity contribution in [2.75, 3.05) is 26.2 Å². The second-order valence-electron chi connectivity index (χ2n) is 8.33. The van der Waals surface area contributed by atoms with Gasteiger partial charge in [-0.1, -0.05) is 47.5 Å². The first-order valence-electron chi connectivity index (χ1n) is 11.3. The Morgan fingerprint density at radius 2 is 1.53 bits per heavy atom. The molecule has 0 saturated carbocycles. The number of aliphatic hydroxyl groups is 1. The molecular formula is C28H23Cl2NO7. The molecule has 1 saturated heterocycles. The van der Waals surface area contributed by atoms with Crippen LogP contribution in [0.1, 0.15) is 22.7 Å². The molecule has 1 heterocycles. The van der Waals surface area contributed by atoms with E-state index in [-0.39, 0.29) is 33.4 Å². The van der Waals surface area contributed by atoms with E-state index in [1.807, 2.05) is 0 Å². The van der Waals surface area contributed by atoms with Crippen molar-refractivity contribution in [1.29, 1.82) is 0 Å². The molecule has 1 atom stereocenters. The van der Waals surface area contributed by atoms with Crippen molar-refractivity contribution in [3.8, 4) is 11.5 Å². The summed E-state index contributed by atoms with van der Waals surface area (Å²) in [5, 5.41) is 11.6. The van der Waals surface area contributed by atoms with Crippen LogP contribution in [0.2, 0.25) is 10.0 Å². The molecule has 196 valence electrons. The zero-order valence-corrected chi connectivity index (χ0v) is 22.2. The van der Waals surface area contributed by atoms with Crippen molar-refractivity contribution in [3.63, 3.8) is 0 Å². The predicted molar refractivity (Wildman–Crippen MR) is 143 cm³/mol. The summed E-state index contributed by atoms with van der Waals surface area (Å²) in [6, 6.07) is 15.2. The number of ketones is 1. The van der Waals surface area contributed by atoms with Gasteiger partial charge in [0.05, 0.1) is 49.4 Å². The quantitative estimate of drug-likeness (QED) is 0.181. The molecular weight excluding hydrogens is 533 g/mol. The SMILES string of the molecule is COC(=O)Cc1ccc(N2C(=O)C(=O)/C(=C(/O)c3cc(Cl)c(OC)c(Cl)c3)C2c2ccc(OC)cc2)cc1. The lowest BCUT2D eigenvalue weighted by Gasteiger charge is -2.26. The van der Waals surface area contributed by atoms with Crippen molar-refractivity contribution >= 4 is 52.3 Å². The van der Waals surface area contributed by atoms with Crippen molar-refractivity contribution in [1.82, 2.24) is 0 Å². The second kappa shape index (κ2) is 11.2. The molecule has 1 amide bonds. The van der Waals surface area contributed by atoms with Gasteiger partial charge in [0.2, 0.25) is 0 Å². The fourth-order valence-electron chi connectivity index (χ4n) is 4.26. The monoisotopic (exact) mass is 555 g/mol. The van der Waals surface area contributed by atoms with Crippen LogP contribution >= 0.6 is 23.2 Å². The summed E-state index contributed by atoms with van der Waals surface area (Å²) < 4.78 is 15.1. The summed E-state index contributed by atoms with van der Waals surface area (Å²) in [5.41, 5.74) is 1.62. The van der Waals surface area contributed by atoms with Gasteiger partial charge in [-0.3, -0.25) is 19.3 Å². The number of amides is 1. The highest BCUT2D eigenvalue weighted by atomic mass is 35.5. The number of ether oxygens (including phenoxy) is 3. The number of methoxy groups -OCH3 is 3. The number of esters is 1. The number of rotatable bonds is 7. The Morgan fingerprint density at radius 3 is 2.05 bits per heavy atom. The summed E-state index contributed by atoms with van der Waals surface area (Å²) in [5.74, 6) is -1.78. The Balaban J connectivity index is 1.87. The molecule has 1 fully saturated rings. The Labute approximate surface area is 228 Å². The molecule has 1 aliphatic rings. The van der Waals surface area contributed by atoms with Gasteiger partial charge in [-0.25, -0.2) is 0 Å². The van der Waals surface area contributed by atoms with Crippen LogP contribution in [0.3, 0.4) is 0 Å². The lowest BCUT2D eigenvalue weighted by Crippen LogP contribution is -2.29. The molecule has 0 radical (unpaired) electrons. The largest absolute Gasteiger partial charge is 0.507 e. The number of halogens is 2. The van der Waals surface area contributed by atoms with Crippen LogP contribution in [-0.2, 0) is 25.5 Å². The maximum Gasteiger partial charge on any atom is 0.309 e. The molecule has 0 aromatic heterocycles. The first-order valence-corrected chi connectivity index (χ1v) is 12.1. The van der Waals surface area contributed by atoms with E-state index < -0.39 is 29.5 Å². The van der Waals surface area contributed by atoms with Gasteiger partial charge in [0, 0.05) is 11.3 Å². The average molecular weight is 556 g/mol. The van der Waals surface area contributed by atoms with Gasteiger partial charge >= 0.3 is 5.97 Å². The number of hydrogen-bond donors (Lipinski definition) is 1. The minimum Gasteiger partial charge on any atom is -0.507 e. The fourth-order valence-corrected chi connectivity index (χ4v) is 4.90. The van der Waals surface area contributed by atoms with Gasteiger partial charge in [-0.2, -0.15) is 0 Å². The van der Waals surface area contributed by atoms with Gasteiger partial charge in [-0.05, 0) is 47.5 Å². The number of nitrogens with zero attached hydrogens (tertiary/aromatic N) is 1. The average Bonchev–Trinajstić information content (AvgIpc) is 3.18. The predicted octanol–water partition coefficient (Wildman–Crippen LogP) is 5.35. The number of hydrogen-bond acceptors (Lipinski definition) is 7. The zero-order chi connectivity index (χ0) is 27.6. The van der Waals surface area contributed by atoms with E-state index in [1.165, 1.54) is 38.4 Å². The first kappa shape index (κ1) is 27.0. The fraction of sp³-hybridized carbons (Fsp3) is 0.179. The minimum absolute atomic E-state index is 0.0521. The third-order valence-electron chi connectivity index (χ3n) is 6.14. The van der Waals surface area contributed by atoms with E-state index in [1.54, 1.807) is 48.5 Å². The maximum atomic E-state index is 13.4. The molecule has 0 spiro atoms. The van der Waals surface area contributed by atoms with Gasteiger partial charge in [0.1, 0.15) is 11.5 Å². The molecule has 0 bridgehead atoms. The Morgan fingerprint density at radius 1 is 0.921 bits per heavy atom. The molecule has 3 aromatic rings. The summed E-state index contributed by atoms with van der Waals surface area (Å²) in [4.78, 5) is 39.7. The standard InChI is InChI=1S/C28H23Cl2NO7/c1-36-19-10-6-16(7-11-19)24-23(25(33)17-13-20(29)27(38-3)21(30)14-17)26(34)28(35)31(24)18-8-4-15(5-9-18)12-22(32)37-2/h4-11,13-14,24,33H,12H2,1-3H3/b25-23+. The lowest BCUT2D eigenvalue weighted by atomic mass is 9.95. The van der Waals surface area contributed by atoms with Crippen molar-refractivity contribution in [3.05, 3.63) is 93.0 Å². The Kier molecular flexibility index (Phi) is 7.94. The molecule has 1 unspecified atom stereocenters. The van der Waals surface area contributed by atoms with Crippen molar-refractivity contribution in [2.24, 2.45) is 0 Å². The summed E-state index contributed by atoms with van der Waals surface area (Å²) in [6.45, 7) is 0. The highest BCUT2D eigenvalue weighted by Crippen LogP contribution is 2.44. The maximum absolute atomic E-state index is 13.4. The van der Waals surface area contributed by atoms with Gasteiger partial charge < -0.3 is 19.3 Å². The van der Waals surface area contributed by atoms with Crippen LogP contribution in [0, 0.1) is 0 Å². The minimum atomic E-state index is -0.980. The number of Topliss-reactive ketones (excluding diaryl/α,β-unsaturated/α-hetero) is 1. The normalized spacial score (nSPS) is 16.4. The van der Waals surface area contributed by atoms with Crippen LogP contribution in [-0.4, -0.2) is 44.1 Å². The van der Waals surface area contributed by atoms with E-state index in [4.69, 9.17) is 37.4 Å². The topological polar surface area (TPSA) is 102 Å². The van der Waals surface area contributed by atoms with Crippen molar-refractivity contribution in [2.45, 2.75) is 12.5 Å².